The Hall–Kier alpha value is -4.47. The Kier molecular flexibility index (Phi) is 8.66. The fourth-order valence-electron chi connectivity index (χ4n) is 7.99. The number of aryl methyl sites for hydroxylation is 1. The van der Waals surface area contributed by atoms with Gasteiger partial charge in [-0.05, 0) is 74.8 Å². The second kappa shape index (κ2) is 13.6. The maximum atomic E-state index is 8.52. The van der Waals surface area contributed by atoms with Crippen LogP contribution < -0.4 is 9.30 Å². The molecule has 0 unspecified atom stereocenters. The molecular weight excluding hydrogens is 856 g/mol. The molecule has 5 nitrogen and oxygen atoms in total. The zero-order valence-electron chi connectivity index (χ0n) is 36.6. The van der Waals surface area contributed by atoms with E-state index in [-0.39, 0.29) is 42.7 Å². The molecule has 0 saturated carbocycles. The summed E-state index contributed by atoms with van der Waals surface area (Å²) in [7, 11) is 0. The van der Waals surface area contributed by atoms with E-state index in [1.807, 2.05) is 29.0 Å². The van der Waals surface area contributed by atoms with Gasteiger partial charge in [-0.3, -0.25) is 0 Å². The molecule has 0 radical (unpaired) electrons. The van der Waals surface area contributed by atoms with E-state index in [4.69, 9.17) is 13.8 Å². The Labute approximate surface area is 345 Å². The Bertz CT molecular complexity index is 2670. The molecular formula is C49H52N4OPt-2. The van der Waals surface area contributed by atoms with Crippen molar-refractivity contribution in [1.82, 2.24) is 14.1 Å². The minimum atomic E-state index is -2.40. The van der Waals surface area contributed by atoms with E-state index in [0.717, 1.165) is 68.5 Å². The van der Waals surface area contributed by atoms with Gasteiger partial charge < -0.3 is 18.4 Å². The third kappa shape index (κ3) is 6.99. The monoisotopic (exact) mass is 910 g/mol. The number of rotatable bonds is 5. The van der Waals surface area contributed by atoms with Crippen LogP contribution in [0.1, 0.15) is 109 Å². The quantitative estimate of drug-likeness (QED) is 0.127. The second-order valence-electron chi connectivity index (χ2n) is 18.4. The van der Waals surface area contributed by atoms with Crippen LogP contribution in [0.25, 0.3) is 44.4 Å². The average Bonchev–Trinajstić information content (AvgIpc) is 3.72. The molecule has 1 aliphatic carbocycles. The molecule has 3 heterocycles. The number of hydrogen-bond donors (Lipinski definition) is 0. The van der Waals surface area contributed by atoms with E-state index in [1.54, 1.807) is 0 Å². The van der Waals surface area contributed by atoms with Crippen molar-refractivity contribution < 1.29 is 34.5 Å². The van der Waals surface area contributed by atoms with Crippen LogP contribution in [0.3, 0.4) is 0 Å². The summed E-state index contributed by atoms with van der Waals surface area (Å²) in [6.45, 7) is 19.4. The molecule has 6 heteroatoms. The molecule has 0 aliphatic heterocycles. The number of benzene rings is 4. The van der Waals surface area contributed by atoms with Crippen molar-refractivity contribution in [3.8, 4) is 34.1 Å². The van der Waals surface area contributed by atoms with E-state index in [0.29, 0.717) is 17.2 Å². The maximum Gasteiger partial charge on any atom is 0.241 e. The van der Waals surface area contributed by atoms with Gasteiger partial charge in [0.15, 0.2) is 0 Å². The number of imidazole rings is 1. The molecule has 0 atom stereocenters. The molecule has 0 bridgehead atoms. The number of aromatic nitrogens is 4. The summed E-state index contributed by atoms with van der Waals surface area (Å²) in [6.07, 6.45) is 6.97. The predicted octanol–water partition coefficient (Wildman–Crippen LogP) is 11.6. The van der Waals surface area contributed by atoms with Gasteiger partial charge in [-0.1, -0.05) is 123 Å². The van der Waals surface area contributed by atoms with E-state index >= 15 is 0 Å². The fourth-order valence-corrected chi connectivity index (χ4v) is 7.99. The Morgan fingerprint density at radius 2 is 1.47 bits per heavy atom. The van der Waals surface area contributed by atoms with Gasteiger partial charge in [0.25, 0.3) is 0 Å². The molecule has 0 N–H and O–H groups in total. The minimum Gasteiger partial charge on any atom is -0.510 e. The SMILES string of the molecule is [2H]C([2H])([2H])[n+]1[c-]n(-c2[c-]c(Oc3[c-]c4c(cc3)c3cc(-c5ccccc5)ccc3n4-c3cc(C(C)(C)C)ccn3)cc(C(C)(C)C)c2)c2c1C(C)(C)CCC2(C)C.[Pt]. The van der Waals surface area contributed by atoms with Crippen LogP contribution >= 0.6 is 0 Å². The van der Waals surface area contributed by atoms with Gasteiger partial charge in [0.05, 0.1) is 11.1 Å². The van der Waals surface area contributed by atoms with Gasteiger partial charge in [-0.2, -0.15) is 17.7 Å². The van der Waals surface area contributed by atoms with Crippen molar-refractivity contribution in [2.24, 2.45) is 6.98 Å². The number of fused-ring (bicyclic) bond motifs is 4. The minimum absolute atomic E-state index is 0. The van der Waals surface area contributed by atoms with Crippen LogP contribution in [-0.2, 0) is 49.7 Å². The van der Waals surface area contributed by atoms with Crippen molar-refractivity contribution in [2.75, 3.05) is 0 Å². The first-order valence-electron chi connectivity index (χ1n) is 20.5. The topological polar surface area (TPSA) is 35.9 Å². The van der Waals surface area contributed by atoms with Crippen LogP contribution in [0.2, 0.25) is 0 Å². The summed E-state index contributed by atoms with van der Waals surface area (Å²) in [5.74, 6) is 1.86. The molecule has 1 aliphatic rings. The molecule has 7 aromatic rings. The zero-order valence-corrected chi connectivity index (χ0v) is 35.9. The van der Waals surface area contributed by atoms with Gasteiger partial charge in [0.2, 0.25) is 6.33 Å². The summed E-state index contributed by atoms with van der Waals surface area (Å²) in [5.41, 5.74) is 7.86. The summed E-state index contributed by atoms with van der Waals surface area (Å²) >= 11 is 0. The zero-order chi connectivity index (χ0) is 40.9. The number of ether oxygens (including phenoxy) is 1. The smallest absolute Gasteiger partial charge is 0.241 e. The largest absolute Gasteiger partial charge is 0.510 e. The summed E-state index contributed by atoms with van der Waals surface area (Å²) < 4.78 is 37.8. The maximum absolute atomic E-state index is 8.52. The Morgan fingerprint density at radius 3 is 2.18 bits per heavy atom. The summed E-state index contributed by atoms with van der Waals surface area (Å²) in [5, 5.41) is 2.14. The van der Waals surface area contributed by atoms with Crippen LogP contribution in [0.15, 0.2) is 91.1 Å². The van der Waals surface area contributed by atoms with Crippen molar-refractivity contribution in [3.63, 3.8) is 0 Å². The standard InChI is InChI=1S/C49H52N4O.Pt/c1-46(2,3)34-21-24-50-43(28-34)53-41-20-17-33(32-15-13-12-14-16-32)25-40(41)39-19-18-37(30-42(39)53)54-38-27-35(47(4,5)6)26-36(29-38)52-31-51(11)44-45(52)49(9,10)23-22-48(44,7)8;/h12-21,24-28H,22-23H2,1-11H3;/q-2;/i11D3;. The molecule has 0 saturated heterocycles. The normalized spacial score (nSPS) is 16.2. The van der Waals surface area contributed by atoms with E-state index in [9.17, 15) is 0 Å². The first-order chi connectivity index (χ1) is 26.6. The molecule has 0 spiro atoms. The van der Waals surface area contributed by atoms with Crippen LogP contribution in [0, 0.1) is 18.5 Å². The molecule has 0 fully saturated rings. The van der Waals surface area contributed by atoms with Crippen molar-refractivity contribution in [1.29, 1.82) is 0 Å². The number of hydrogen-bond acceptors (Lipinski definition) is 2. The van der Waals surface area contributed by atoms with Crippen LogP contribution in [-0.4, -0.2) is 14.1 Å². The predicted molar refractivity (Wildman–Crippen MR) is 220 cm³/mol. The first kappa shape index (κ1) is 35.0. The molecule has 8 rings (SSSR count). The number of pyridine rings is 1. The summed E-state index contributed by atoms with van der Waals surface area (Å²) in [6, 6.07) is 36.7. The third-order valence-corrected chi connectivity index (χ3v) is 11.3. The van der Waals surface area contributed by atoms with Crippen LogP contribution in [0.5, 0.6) is 11.5 Å². The molecule has 286 valence electrons. The van der Waals surface area contributed by atoms with Gasteiger partial charge in [-0.15, -0.1) is 29.7 Å². The Morgan fingerprint density at radius 1 is 0.745 bits per heavy atom. The van der Waals surface area contributed by atoms with E-state index in [1.165, 1.54) is 10.1 Å². The van der Waals surface area contributed by atoms with Crippen molar-refractivity contribution >= 4 is 21.8 Å². The van der Waals surface area contributed by atoms with Crippen molar-refractivity contribution in [3.05, 3.63) is 132 Å². The van der Waals surface area contributed by atoms with E-state index < -0.39 is 6.98 Å². The van der Waals surface area contributed by atoms with E-state index in [2.05, 4.69) is 159 Å². The van der Waals surface area contributed by atoms with Gasteiger partial charge >= 0.3 is 0 Å². The molecule has 4 aromatic carbocycles. The summed E-state index contributed by atoms with van der Waals surface area (Å²) in [4.78, 5) is 4.90. The third-order valence-electron chi connectivity index (χ3n) is 11.3. The first-order valence-corrected chi connectivity index (χ1v) is 19.0. The van der Waals surface area contributed by atoms with Gasteiger partial charge in [-0.25, -0.2) is 4.98 Å². The average molecular weight is 911 g/mol. The molecule has 0 amide bonds. The van der Waals surface area contributed by atoms with Crippen molar-refractivity contribution in [2.45, 2.75) is 104 Å². The van der Waals surface area contributed by atoms with Crippen LogP contribution in [0.4, 0.5) is 0 Å². The van der Waals surface area contributed by atoms with Gasteiger partial charge in [0.1, 0.15) is 5.82 Å². The molecule has 55 heavy (non-hydrogen) atoms. The van der Waals surface area contributed by atoms with Gasteiger partial charge in [0, 0.05) is 55.7 Å². The molecule has 3 aromatic heterocycles. The Balaban J connectivity index is 0.00000512. The number of nitrogens with zero attached hydrogens (tertiary/aromatic N) is 4. The fraction of sp³-hybridized carbons (Fsp3) is 0.347. The second-order valence-corrected chi connectivity index (χ2v) is 18.4.